The van der Waals surface area contributed by atoms with E-state index in [1.165, 1.54) is 6.07 Å². The fourth-order valence-electron chi connectivity index (χ4n) is 4.39. The number of benzene rings is 2. The van der Waals surface area contributed by atoms with Crippen molar-refractivity contribution in [3.63, 3.8) is 0 Å². The zero-order valence-corrected chi connectivity index (χ0v) is 16.7. The van der Waals surface area contributed by atoms with E-state index >= 15 is 0 Å². The Bertz CT molecular complexity index is 1120. The van der Waals surface area contributed by atoms with Crippen molar-refractivity contribution in [3.05, 3.63) is 82.4 Å². The number of fused-ring (bicyclic) bond motifs is 4. The van der Waals surface area contributed by atoms with Crippen molar-refractivity contribution in [1.29, 1.82) is 0 Å². The van der Waals surface area contributed by atoms with E-state index in [0.717, 1.165) is 22.7 Å². The Kier molecular flexibility index (Phi) is 4.17. The predicted molar refractivity (Wildman–Crippen MR) is 109 cm³/mol. The first kappa shape index (κ1) is 18.3. The van der Waals surface area contributed by atoms with E-state index < -0.39 is 11.4 Å². The molecule has 29 heavy (non-hydrogen) atoms. The first-order valence-corrected chi connectivity index (χ1v) is 10.1. The number of aryl methyl sites for hydroxylation is 1. The molecule has 0 atom stereocenters. The number of hydrogen-bond acceptors (Lipinski definition) is 2. The van der Waals surface area contributed by atoms with E-state index in [4.69, 9.17) is 16.3 Å². The summed E-state index contributed by atoms with van der Waals surface area (Å²) in [6.45, 7) is 2.79. The molecule has 0 radical (unpaired) electrons. The molecule has 1 amide bonds. The van der Waals surface area contributed by atoms with Crippen LogP contribution in [0.4, 0.5) is 4.39 Å². The Morgan fingerprint density at radius 2 is 1.93 bits per heavy atom. The highest BCUT2D eigenvalue weighted by Crippen LogP contribution is 2.45. The maximum atomic E-state index is 14.3. The molecule has 1 saturated heterocycles. The van der Waals surface area contributed by atoms with Gasteiger partial charge in [0.25, 0.3) is 5.91 Å². The van der Waals surface area contributed by atoms with E-state index in [1.54, 1.807) is 17.0 Å². The maximum Gasteiger partial charge on any atom is 0.256 e. The molecule has 0 saturated carbocycles. The number of rotatable bonds is 1. The Labute approximate surface area is 173 Å². The molecule has 0 unspecified atom stereocenters. The third kappa shape index (κ3) is 2.92. The van der Waals surface area contributed by atoms with E-state index in [1.807, 2.05) is 37.4 Å². The molecular weight excluding hydrogens is 391 g/mol. The van der Waals surface area contributed by atoms with Crippen LogP contribution in [0.2, 0.25) is 5.02 Å². The molecule has 4 nitrogen and oxygen atoms in total. The number of aromatic nitrogens is 1. The molecule has 0 bridgehead atoms. The zero-order valence-electron chi connectivity index (χ0n) is 16.0. The lowest BCUT2D eigenvalue weighted by atomic mass is 9.86. The molecule has 1 fully saturated rings. The average Bonchev–Trinajstić information content (AvgIpc) is 3.19. The topological polar surface area (TPSA) is 34.5 Å². The lowest BCUT2D eigenvalue weighted by Gasteiger charge is -2.45. The summed E-state index contributed by atoms with van der Waals surface area (Å²) >= 11 is 6.19. The van der Waals surface area contributed by atoms with Crippen LogP contribution < -0.4 is 4.74 Å². The zero-order chi connectivity index (χ0) is 20.2. The molecule has 2 aromatic carbocycles. The number of ether oxygens (including phenoxy) is 1. The van der Waals surface area contributed by atoms with Gasteiger partial charge in [-0.05, 0) is 48.9 Å². The highest BCUT2D eigenvalue weighted by molar-refractivity contribution is 6.30. The summed E-state index contributed by atoms with van der Waals surface area (Å²) < 4.78 is 22.9. The predicted octanol–water partition coefficient (Wildman–Crippen LogP) is 5.10. The number of carbonyl (C=O) groups excluding carboxylic acids is 1. The molecule has 2 aliphatic heterocycles. The van der Waals surface area contributed by atoms with Crippen molar-refractivity contribution in [2.24, 2.45) is 0 Å². The standard InChI is InChI=1S/C23H20ClFN2O2/c1-15-4-6-17(18(25)13-15)22(28)26-11-8-23(9-12-26)21-3-2-10-27(21)19-7-5-16(24)14-20(19)29-23/h2-7,10,13-14H,8-9,11-12H2,1H3. The second kappa shape index (κ2) is 6.63. The first-order chi connectivity index (χ1) is 14.0. The van der Waals surface area contributed by atoms with Gasteiger partial charge < -0.3 is 14.2 Å². The van der Waals surface area contributed by atoms with Crippen LogP contribution in [0, 0.1) is 12.7 Å². The smallest absolute Gasteiger partial charge is 0.256 e. The van der Waals surface area contributed by atoms with Gasteiger partial charge >= 0.3 is 0 Å². The summed E-state index contributed by atoms with van der Waals surface area (Å²) in [5.74, 6) is -0.000749. The van der Waals surface area contributed by atoms with Crippen molar-refractivity contribution in [1.82, 2.24) is 9.47 Å². The molecule has 3 aromatic rings. The fourth-order valence-corrected chi connectivity index (χ4v) is 4.55. The Morgan fingerprint density at radius 1 is 1.14 bits per heavy atom. The minimum absolute atomic E-state index is 0.122. The number of likely N-dealkylation sites (tertiary alicyclic amines) is 1. The van der Waals surface area contributed by atoms with Gasteiger partial charge in [-0.2, -0.15) is 0 Å². The number of piperidine rings is 1. The second-order valence-electron chi connectivity index (χ2n) is 7.75. The van der Waals surface area contributed by atoms with Crippen LogP contribution in [-0.4, -0.2) is 28.5 Å². The lowest BCUT2D eigenvalue weighted by molar-refractivity contribution is -0.00940. The summed E-state index contributed by atoms with van der Waals surface area (Å²) in [6.07, 6.45) is 3.27. The first-order valence-electron chi connectivity index (χ1n) is 9.69. The molecule has 3 heterocycles. The molecule has 5 rings (SSSR count). The molecule has 0 N–H and O–H groups in total. The number of carbonyl (C=O) groups is 1. The molecule has 2 aliphatic rings. The summed E-state index contributed by atoms with van der Waals surface area (Å²) in [5.41, 5.74) is 2.42. The minimum atomic E-state index is -0.524. The number of hydrogen-bond donors (Lipinski definition) is 0. The molecule has 1 aromatic heterocycles. The van der Waals surface area contributed by atoms with Gasteiger partial charge in [0.2, 0.25) is 0 Å². The number of amides is 1. The van der Waals surface area contributed by atoms with Crippen molar-refractivity contribution < 1.29 is 13.9 Å². The van der Waals surface area contributed by atoms with Crippen LogP contribution in [0.3, 0.4) is 0 Å². The van der Waals surface area contributed by atoms with Crippen LogP contribution in [0.15, 0.2) is 54.7 Å². The van der Waals surface area contributed by atoms with Crippen molar-refractivity contribution in [3.8, 4) is 11.4 Å². The average molecular weight is 411 g/mol. The van der Waals surface area contributed by atoms with Gasteiger partial charge in [-0.3, -0.25) is 4.79 Å². The van der Waals surface area contributed by atoms with Crippen molar-refractivity contribution in [2.45, 2.75) is 25.4 Å². The summed E-state index contributed by atoms with van der Waals surface area (Å²) in [5, 5.41) is 0.622. The van der Waals surface area contributed by atoms with Crippen molar-refractivity contribution in [2.75, 3.05) is 13.1 Å². The normalized spacial score (nSPS) is 16.9. The van der Waals surface area contributed by atoms with Gasteiger partial charge in [0.05, 0.1) is 16.9 Å². The lowest BCUT2D eigenvalue weighted by Crippen LogP contribution is -2.50. The molecule has 1 spiro atoms. The molecule has 6 heteroatoms. The summed E-state index contributed by atoms with van der Waals surface area (Å²) in [6, 6.07) is 14.4. The van der Waals surface area contributed by atoms with Gasteiger partial charge in [-0.1, -0.05) is 17.7 Å². The van der Waals surface area contributed by atoms with Gasteiger partial charge in [0.1, 0.15) is 11.6 Å². The van der Waals surface area contributed by atoms with Gasteiger partial charge in [0.15, 0.2) is 5.60 Å². The van der Waals surface area contributed by atoms with E-state index in [9.17, 15) is 9.18 Å². The Morgan fingerprint density at radius 3 is 2.69 bits per heavy atom. The molecule has 0 aliphatic carbocycles. The van der Waals surface area contributed by atoms with Crippen LogP contribution in [0.1, 0.15) is 34.5 Å². The van der Waals surface area contributed by atoms with Crippen LogP contribution in [0.25, 0.3) is 5.69 Å². The Balaban J connectivity index is 1.42. The minimum Gasteiger partial charge on any atom is -0.479 e. The van der Waals surface area contributed by atoms with E-state index in [0.29, 0.717) is 31.0 Å². The monoisotopic (exact) mass is 410 g/mol. The third-order valence-electron chi connectivity index (χ3n) is 5.92. The quantitative estimate of drug-likeness (QED) is 0.559. The molecular formula is C23H20ClFN2O2. The molecule has 148 valence electrons. The van der Waals surface area contributed by atoms with Gasteiger partial charge in [-0.15, -0.1) is 0 Å². The highest BCUT2D eigenvalue weighted by Gasteiger charge is 2.44. The number of halogens is 2. The van der Waals surface area contributed by atoms with Crippen LogP contribution in [0.5, 0.6) is 5.75 Å². The second-order valence-corrected chi connectivity index (χ2v) is 8.18. The van der Waals surface area contributed by atoms with E-state index in [-0.39, 0.29) is 11.5 Å². The van der Waals surface area contributed by atoms with Crippen LogP contribution in [-0.2, 0) is 5.60 Å². The summed E-state index contributed by atoms with van der Waals surface area (Å²) in [7, 11) is 0. The van der Waals surface area contributed by atoms with Crippen molar-refractivity contribution >= 4 is 17.5 Å². The largest absolute Gasteiger partial charge is 0.479 e. The summed E-state index contributed by atoms with van der Waals surface area (Å²) in [4.78, 5) is 14.6. The third-order valence-corrected chi connectivity index (χ3v) is 6.15. The van der Waals surface area contributed by atoms with Gasteiger partial charge in [0, 0.05) is 43.2 Å². The van der Waals surface area contributed by atoms with E-state index in [2.05, 4.69) is 10.6 Å². The number of nitrogens with zero attached hydrogens (tertiary/aromatic N) is 2. The maximum absolute atomic E-state index is 14.3. The SMILES string of the molecule is Cc1ccc(C(=O)N2CCC3(CC2)Oc2cc(Cl)ccc2-n2cccc23)c(F)c1. The highest BCUT2D eigenvalue weighted by atomic mass is 35.5. The van der Waals surface area contributed by atoms with Crippen LogP contribution >= 0.6 is 11.6 Å². The Hall–Kier alpha value is -2.79. The van der Waals surface area contributed by atoms with Gasteiger partial charge in [-0.25, -0.2) is 4.39 Å². The fraction of sp³-hybridized carbons (Fsp3) is 0.261.